The highest BCUT2D eigenvalue weighted by Crippen LogP contribution is 2.17. The summed E-state index contributed by atoms with van der Waals surface area (Å²) < 4.78 is 0. The van der Waals surface area contributed by atoms with Gasteiger partial charge in [0.05, 0.1) is 6.54 Å². The highest BCUT2D eigenvalue weighted by Gasteiger charge is 2.32. The van der Waals surface area contributed by atoms with Crippen LogP contribution in [-0.2, 0) is 17.8 Å². The van der Waals surface area contributed by atoms with Gasteiger partial charge in [-0.1, -0.05) is 59.7 Å². The SMILES string of the molecule is O.O=C1CN(C(=S)Cc2ccc(Cl)cc2)N(Cc2ccc(Cl)cc2)C(=O)N1. The highest BCUT2D eigenvalue weighted by atomic mass is 35.5. The number of benzene rings is 2. The molecule has 0 aromatic heterocycles. The van der Waals surface area contributed by atoms with Crippen LogP contribution >= 0.6 is 35.4 Å². The second-order valence-electron chi connectivity index (χ2n) is 5.79. The molecule has 0 saturated carbocycles. The Balaban J connectivity index is 0.00000261. The number of amides is 3. The standard InChI is InChI=1S/C18H15Cl2N3O2S.H2O/c19-14-5-1-12(2-6-14)9-17(26)22-11-16(24)21-18(25)23(22)10-13-3-7-15(20)8-4-13;/h1-8H,9-11H2,(H,21,24,25);1H2. The Bertz CT molecular complexity index is 844. The number of carbonyl (C=O) groups excluding carboxylic acids is 2. The van der Waals surface area contributed by atoms with Crippen molar-refractivity contribution in [2.75, 3.05) is 6.54 Å². The lowest BCUT2D eigenvalue weighted by atomic mass is 10.1. The third-order valence-electron chi connectivity index (χ3n) is 3.87. The van der Waals surface area contributed by atoms with E-state index in [0.717, 1.165) is 11.1 Å². The molecule has 0 unspecified atom stereocenters. The summed E-state index contributed by atoms with van der Waals surface area (Å²) in [5.74, 6) is -0.388. The third kappa shape index (κ3) is 5.40. The van der Waals surface area contributed by atoms with Crippen LogP contribution in [0.3, 0.4) is 0 Å². The topological polar surface area (TPSA) is 84.2 Å². The van der Waals surface area contributed by atoms with Crippen LogP contribution in [0.2, 0.25) is 10.0 Å². The number of halogens is 2. The van der Waals surface area contributed by atoms with Gasteiger partial charge >= 0.3 is 6.03 Å². The minimum atomic E-state index is -0.505. The van der Waals surface area contributed by atoms with Crippen molar-refractivity contribution in [1.82, 2.24) is 15.3 Å². The van der Waals surface area contributed by atoms with Crippen molar-refractivity contribution in [3.8, 4) is 0 Å². The van der Waals surface area contributed by atoms with Gasteiger partial charge in [-0.2, -0.15) is 0 Å². The molecule has 3 amide bonds. The maximum Gasteiger partial charge on any atom is 0.343 e. The van der Waals surface area contributed by atoms with Gasteiger partial charge in [-0.15, -0.1) is 0 Å². The maximum atomic E-state index is 12.3. The van der Waals surface area contributed by atoms with Crippen LogP contribution in [-0.4, -0.2) is 39.0 Å². The van der Waals surface area contributed by atoms with Crippen molar-refractivity contribution in [3.63, 3.8) is 0 Å². The molecule has 0 atom stereocenters. The van der Waals surface area contributed by atoms with Gasteiger partial charge in [0.2, 0.25) is 5.91 Å². The molecule has 2 aromatic rings. The molecule has 0 radical (unpaired) electrons. The Morgan fingerprint density at radius 1 is 0.963 bits per heavy atom. The van der Waals surface area contributed by atoms with E-state index in [1.54, 1.807) is 29.3 Å². The zero-order valence-electron chi connectivity index (χ0n) is 14.1. The average molecular weight is 426 g/mol. The fourth-order valence-electron chi connectivity index (χ4n) is 2.57. The fraction of sp³-hybridized carbons (Fsp3) is 0.167. The molecule has 2 aromatic carbocycles. The summed E-state index contributed by atoms with van der Waals surface area (Å²) in [5, 5.41) is 6.54. The second-order valence-corrected chi connectivity index (χ2v) is 7.14. The van der Waals surface area contributed by atoms with Crippen molar-refractivity contribution in [2.45, 2.75) is 13.0 Å². The summed E-state index contributed by atoms with van der Waals surface area (Å²) in [6.07, 6.45) is 0.421. The Morgan fingerprint density at radius 2 is 1.48 bits per heavy atom. The van der Waals surface area contributed by atoms with Gasteiger partial charge < -0.3 is 5.48 Å². The zero-order chi connectivity index (χ0) is 18.7. The van der Waals surface area contributed by atoms with Crippen LogP contribution in [0.1, 0.15) is 11.1 Å². The number of carbonyl (C=O) groups is 2. The van der Waals surface area contributed by atoms with E-state index in [-0.39, 0.29) is 24.5 Å². The quantitative estimate of drug-likeness (QED) is 0.762. The molecule has 0 bridgehead atoms. The van der Waals surface area contributed by atoms with E-state index in [0.29, 0.717) is 21.5 Å². The van der Waals surface area contributed by atoms with Crippen molar-refractivity contribution in [1.29, 1.82) is 0 Å². The van der Waals surface area contributed by atoms with E-state index in [9.17, 15) is 9.59 Å². The van der Waals surface area contributed by atoms with Crippen LogP contribution in [0.15, 0.2) is 48.5 Å². The second kappa shape index (κ2) is 9.14. The number of hydrogen-bond donors (Lipinski definition) is 1. The predicted molar refractivity (Wildman–Crippen MR) is 109 cm³/mol. The van der Waals surface area contributed by atoms with Crippen LogP contribution in [0.4, 0.5) is 4.79 Å². The molecule has 0 aliphatic carbocycles. The summed E-state index contributed by atoms with van der Waals surface area (Å²) in [7, 11) is 0. The smallest absolute Gasteiger partial charge is 0.343 e. The minimum Gasteiger partial charge on any atom is -0.412 e. The molecule has 1 heterocycles. The largest absolute Gasteiger partial charge is 0.412 e. The summed E-state index contributed by atoms with van der Waals surface area (Å²) in [6, 6.07) is 13.9. The summed E-state index contributed by atoms with van der Waals surface area (Å²) in [5.41, 5.74) is 1.82. The average Bonchev–Trinajstić information content (AvgIpc) is 2.60. The van der Waals surface area contributed by atoms with Gasteiger partial charge in [0.1, 0.15) is 11.5 Å². The number of nitrogens with one attached hydrogen (secondary N) is 1. The molecule has 6 nitrogen and oxygen atoms in total. The van der Waals surface area contributed by atoms with Crippen molar-refractivity contribution >= 4 is 52.3 Å². The van der Waals surface area contributed by atoms with Gasteiger partial charge in [0.25, 0.3) is 0 Å². The van der Waals surface area contributed by atoms with E-state index in [1.807, 2.05) is 24.3 Å². The molecule has 1 aliphatic rings. The van der Waals surface area contributed by atoms with Gasteiger partial charge in [-0.25, -0.2) is 9.80 Å². The van der Waals surface area contributed by atoms with Crippen molar-refractivity contribution in [3.05, 3.63) is 69.7 Å². The van der Waals surface area contributed by atoms with Crippen LogP contribution in [0, 0.1) is 0 Å². The molecule has 1 aliphatic heterocycles. The Labute approximate surface area is 171 Å². The number of hydrogen-bond acceptors (Lipinski definition) is 3. The van der Waals surface area contributed by atoms with Crippen molar-refractivity contribution < 1.29 is 15.1 Å². The van der Waals surface area contributed by atoms with Crippen LogP contribution < -0.4 is 5.32 Å². The highest BCUT2D eigenvalue weighted by molar-refractivity contribution is 7.80. The van der Waals surface area contributed by atoms with Gasteiger partial charge in [0.15, 0.2) is 0 Å². The predicted octanol–water partition coefficient (Wildman–Crippen LogP) is 3.01. The van der Waals surface area contributed by atoms with Crippen LogP contribution in [0.25, 0.3) is 0 Å². The molecule has 3 N–H and O–H groups in total. The number of rotatable bonds is 4. The number of urea groups is 1. The first-order chi connectivity index (χ1) is 12.4. The summed E-state index contributed by atoms with van der Waals surface area (Å²) in [4.78, 5) is 24.6. The Hall–Kier alpha value is -2.19. The van der Waals surface area contributed by atoms with Crippen molar-refractivity contribution in [2.24, 2.45) is 0 Å². The molecule has 27 heavy (non-hydrogen) atoms. The van der Waals surface area contributed by atoms with E-state index >= 15 is 0 Å². The molecular weight excluding hydrogens is 409 g/mol. The number of nitrogens with zero attached hydrogens (tertiary/aromatic N) is 2. The molecule has 0 spiro atoms. The Kier molecular flexibility index (Phi) is 7.15. The summed E-state index contributed by atoms with van der Waals surface area (Å²) in [6.45, 7) is 0.267. The first kappa shape index (κ1) is 21.1. The van der Waals surface area contributed by atoms with E-state index in [2.05, 4.69) is 5.32 Å². The van der Waals surface area contributed by atoms with Crippen LogP contribution in [0.5, 0.6) is 0 Å². The third-order valence-corrected chi connectivity index (χ3v) is 4.73. The molecule has 142 valence electrons. The molecule has 9 heteroatoms. The maximum absolute atomic E-state index is 12.3. The number of thiocarbonyl (C=S) groups is 1. The Morgan fingerprint density at radius 3 is 2.04 bits per heavy atom. The van der Waals surface area contributed by atoms with E-state index in [4.69, 9.17) is 35.4 Å². The normalized spacial score (nSPS) is 13.9. The first-order valence-electron chi connectivity index (χ1n) is 7.83. The lowest BCUT2D eigenvalue weighted by Crippen LogP contribution is -2.62. The number of hydrazine groups is 1. The van der Waals surface area contributed by atoms with E-state index < -0.39 is 6.03 Å². The lowest BCUT2D eigenvalue weighted by Gasteiger charge is -2.39. The molecular formula is C18H17Cl2N3O3S. The minimum absolute atomic E-state index is 0. The van der Waals surface area contributed by atoms with Gasteiger partial charge in [-0.05, 0) is 35.4 Å². The fourth-order valence-corrected chi connectivity index (χ4v) is 3.15. The molecule has 1 fully saturated rings. The molecule has 1 saturated heterocycles. The van der Waals surface area contributed by atoms with Gasteiger partial charge in [-0.3, -0.25) is 15.1 Å². The monoisotopic (exact) mass is 425 g/mol. The first-order valence-corrected chi connectivity index (χ1v) is 8.99. The molecule has 3 rings (SSSR count). The zero-order valence-corrected chi connectivity index (χ0v) is 16.4. The number of imide groups is 1. The lowest BCUT2D eigenvalue weighted by molar-refractivity contribution is -0.125. The van der Waals surface area contributed by atoms with E-state index in [1.165, 1.54) is 5.01 Å². The van der Waals surface area contributed by atoms with Gasteiger partial charge in [0, 0.05) is 16.5 Å². The summed E-state index contributed by atoms with van der Waals surface area (Å²) >= 11 is 17.3.